The van der Waals surface area contributed by atoms with Crippen molar-refractivity contribution in [2.75, 3.05) is 11.5 Å². The highest BCUT2D eigenvalue weighted by Crippen LogP contribution is 2.10. The molecule has 0 heterocycles. The highest BCUT2D eigenvalue weighted by molar-refractivity contribution is 7.99. The van der Waals surface area contributed by atoms with Crippen molar-refractivity contribution >= 4 is 17.7 Å². The lowest BCUT2D eigenvalue weighted by Crippen LogP contribution is -2.26. The van der Waals surface area contributed by atoms with Crippen molar-refractivity contribution in [2.24, 2.45) is 5.73 Å². The highest BCUT2D eigenvalue weighted by Gasteiger charge is 2.15. The van der Waals surface area contributed by atoms with Gasteiger partial charge in [0.2, 0.25) is 0 Å². The monoisotopic (exact) mass is 205 g/mol. The smallest absolute Gasteiger partial charge is 0.316 e. The predicted octanol–water partition coefficient (Wildman–Crippen LogP) is 1.41. The molecule has 1 atom stereocenters. The zero-order chi connectivity index (χ0) is 10.5. The first kappa shape index (κ1) is 12.8. The van der Waals surface area contributed by atoms with Crippen molar-refractivity contribution in [1.82, 2.24) is 0 Å². The maximum absolute atomic E-state index is 11.2. The third-order valence-electron chi connectivity index (χ3n) is 1.02. The number of nitrogens with two attached hydrogens (primary N) is 1. The number of carbonyl (C=O) groups excluding carboxylic acids is 1. The van der Waals surface area contributed by atoms with Gasteiger partial charge in [0.15, 0.2) is 0 Å². The molecule has 0 aliphatic heterocycles. The summed E-state index contributed by atoms with van der Waals surface area (Å²) in [6.45, 7) is 7.51. The number of esters is 1. The van der Waals surface area contributed by atoms with E-state index in [4.69, 9.17) is 10.5 Å². The Morgan fingerprint density at radius 1 is 1.54 bits per heavy atom. The van der Waals surface area contributed by atoms with Gasteiger partial charge in [0.05, 0.1) is 5.75 Å². The Labute approximate surface area is 84.4 Å². The standard InChI is InChI=1S/C9H19NO2S/c1-7(10)5-13-6-8(11)12-9(2,3)4/h7H,5-6,10H2,1-4H3/t7-/m0/s1. The molecule has 0 saturated heterocycles. The number of hydrogen-bond acceptors (Lipinski definition) is 4. The molecule has 0 aliphatic carbocycles. The Morgan fingerprint density at radius 3 is 2.46 bits per heavy atom. The molecule has 2 N–H and O–H groups in total. The van der Waals surface area contributed by atoms with Crippen LogP contribution in [-0.4, -0.2) is 29.1 Å². The third-order valence-corrected chi connectivity index (χ3v) is 2.22. The van der Waals surface area contributed by atoms with E-state index in [2.05, 4.69) is 0 Å². The van der Waals surface area contributed by atoms with Crippen LogP contribution in [0.25, 0.3) is 0 Å². The first-order valence-electron chi connectivity index (χ1n) is 4.36. The molecule has 78 valence electrons. The van der Waals surface area contributed by atoms with Gasteiger partial charge < -0.3 is 10.5 Å². The molecule has 0 spiro atoms. The van der Waals surface area contributed by atoms with Gasteiger partial charge in [0.25, 0.3) is 0 Å². The Hall–Kier alpha value is -0.220. The molecule has 0 rings (SSSR count). The zero-order valence-electron chi connectivity index (χ0n) is 8.79. The van der Waals surface area contributed by atoms with Crippen LogP contribution in [-0.2, 0) is 9.53 Å². The van der Waals surface area contributed by atoms with Crippen LogP contribution in [0.15, 0.2) is 0 Å². The van der Waals surface area contributed by atoms with Crippen LogP contribution in [0.1, 0.15) is 27.7 Å². The molecule has 0 aromatic carbocycles. The van der Waals surface area contributed by atoms with Crippen LogP contribution in [0, 0.1) is 0 Å². The van der Waals surface area contributed by atoms with Crippen LogP contribution in [0.5, 0.6) is 0 Å². The van der Waals surface area contributed by atoms with Gasteiger partial charge in [-0.3, -0.25) is 4.79 Å². The summed E-state index contributed by atoms with van der Waals surface area (Å²) in [6.07, 6.45) is 0. The summed E-state index contributed by atoms with van der Waals surface area (Å²) in [7, 11) is 0. The molecule has 0 aromatic rings. The van der Waals surface area contributed by atoms with E-state index in [0.717, 1.165) is 5.75 Å². The molecule has 0 aliphatic rings. The number of carbonyl (C=O) groups is 1. The quantitative estimate of drug-likeness (QED) is 0.705. The van der Waals surface area contributed by atoms with E-state index < -0.39 is 0 Å². The zero-order valence-corrected chi connectivity index (χ0v) is 9.61. The van der Waals surface area contributed by atoms with Gasteiger partial charge >= 0.3 is 5.97 Å². The molecule has 0 fully saturated rings. The van der Waals surface area contributed by atoms with Gasteiger partial charge in [-0.1, -0.05) is 0 Å². The first-order chi connectivity index (χ1) is 5.81. The van der Waals surface area contributed by atoms with Gasteiger partial charge in [-0.05, 0) is 27.7 Å². The number of hydrogen-bond donors (Lipinski definition) is 1. The Kier molecular flexibility index (Phi) is 5.40. The molecule has 0 aromatic heterocycles. The minimum Gasteiger partial charge on any atom is -0.459 e. The fourth-order valence-corrected chi connectivity index (χ4v) is 1.41. The normalized spacial score (nSPS) is 13.9. The van der Waals surface area contributed by atoms with Gasteiger partial charge in [-0.25, -0.2) is 0 Å². The third kappa shape index (κ3) is 9.70. The summed E-state index contributed by atoms with van der Waals surface area (Å²) in [5, 5.41) is 0. The summed E-state index contributed by atoms with van der Waals surface area (Å²) in [4.78, 5) is 11.2. The van der Waals surface area contributed by atoms with Crippen molar-refractivity contribution in [3.8, 4) is 0 Å². The largest absolute Gasteiger partial charge is 0.459 e. The number of ether oxygens (including phenoxy) is 1. The minimum absolute atomic E-state index is 0.132. The van der Waals surface area contributed by atoms with Crippen molar-refractivity contribution in [3.63, 3.8) is 0 Å². The van der Waals surface area contributed by atoms with Crippen LogP contribution >= 0.6 is 11.8 Å². The molecule has 0 bridgehead atoms. The number of rotatable bonds is 4. The summed E-state index contributed by atoms with van der Waals surface area (Å²) in [5.74, 6) is 1.01. The van der Waals surface area contributed by atoms with Crippen molar-refractivity contribution in [1.29, 1.82) is 0 Å². The summed E-state index contributed by atoms with van der Waals surface area (Å²) >= 11 is 1.51. The molecule has 4 heteroatoms. The topological polar surface area (TPSA) is 52.3 Å². The average molecular weight is 205 g/mol. The van der Waals surface area contributed by atoms with E-state index in [1.165, 1.54) is 11.8 Å². The summed E-state index contributed by atoms with van der Waals surface area (Å²) < 4.78 is 5.12. The van der Waals surface area contributed by atoms with E-state index in [0.29, 0.717) is 5.75 Å². The minimum atomic E-state index is -0.383. The van der Waals surface area contributed by atoms with Gasteiger partial charge in [0, 0.05) is 11.8 Å². The molecule has 0 amide bonds. The van der Waals surface area contributed by atoms with Crippen LogP contribution in [0.4, 0.5) is 0 Å². The van der Waals surface area contributed by atoms with Crippen molar-refractivity contribution in [2.45, 2.75) is 39.3 Å². The van der Waals surface area contributed by atoms with Crippen molar-refractivity contribution in [3.05, 3.63) is 0 Å². The van der Waals surface area contributed by atoms with Crippen LogP contribution in [0.2, 0.25) is 0 Å². The van der Waals surface area contributed by atoms with Crippen molar-refractivity contribution < 1.29 is 9.53 Å². The maximum atomic E-state index is 11.2. The average Bonchev–Trinajstić information content (AvgIpc) is 1.81. The Bertz CT molecular complexity index is 163. The lowest BCUT2D eigenvalue weighted by molar-refractivity contribution is -0.151. The van der Waals surface area contributed by atoms with Crippen LogP contribution in [0.3, 0.4) is 0 Å². The van der Waals surface area contributed by atoms with E-state index in [1.54, 1.807) is 0 Å². The first-order valence-corrected chi connectivity index (χ1v) is 5.52. The molecular formula is C9H19NO2S. The second kappa shape index (κ2) is 5.50. The summed E-state index contributed by atoms with van der Waals surface area (Å²) in [6, 6.07) is 0.132. The fraction of sp³-hybridized carbons (Fsp3) is 0.889. The summed E-state index contributed by atoms with van der Waals surface area (Å²) in [5.41, 5.74) is 5.15. The SMILES string of the molecule is C[C@H](N)CSCC(=O)OC(C)(C)C. The van der Waals surface area contributed by atoms with Gasteiger partial charge in [-0.2, -0.15) is 0 Å². The second-order valence-electron chi connectivity index (χ2n) is 4.08. The maximum Gasteiger partial charge on any atom is 0.316 e. The van der Waals surface area contributed by atoms with E-state index in [9.17, 15) is 4.79 Å². The highest BCUT2D eigenvalue weighted by atomic mass is 32.2. The molecule has 3 nitrogen and oxygen atoms in total. The fourth-order valence-electron chi connectivity index (χ4n) is 0.699. The molecule has 13 heavy (non-hydrogen) atoms. The Morgan fingerprint density at radius 2 is 2.08 bits per heavy atom. The molecule has 0 saturated carbocycles. The van der Waals surface area contributed by atoms with E-state index >= 15 is 0 Å². The van der Waals surface area contributed by atoms with E-state index in [1.807, 2.05) is 27.7 Å². The van der Waals surface area contributed by atoms with Gasteiger partial charge in [-0.15, -0.1) is 11.8 Å². The lowest BCUT2D eigenvalue weighted by atomic mass is 10.2. The molecule has 0 unspecified atom stereocenters. The molecule has 0 radical (unpaired) electrons. The second-order valence-corrected chi connectivity index (χ2v) is 5.11. The molecular weight excluding hydrogens is 186 g/mol. The number of thioether (sulfide) groups is 1. The predicted molar refractivity (Wildman–Crippen MR) is 56.8 cm³/mol. The Balaban J connectivity index is 3.53. The van der Waals surface area contributed by atoms with Gasteiger partial charge in [0.1, 0.15) is 5.60 Å². The van der Waals surface area contributed by atoms with E-state index in [-0.39, 0.29) is 17.6 Å². The van der Waals surface area contributed by atoms with Crippen LogP contribution < -0.4 is 5.73 Å². The lowest BCUT2D eigenvalue weighted by Gasteiger charge is -2.19.